The zero-order valence-electron chi connectivity index (χ0n) is 18.7. The second-order valence-corrected chi connectivity index (χ2v) is 7.74. The minimum absolute atomic E-state index is 0.0940. The van der Waals surface area contributed by atoms with Gasteiger partial charge in [-0.1, -0.05) is 12.1 Å². The van der Waals surface area contributed by atoms with Crippen molar-refractivity contribution in [1.29, 1.82) is 0 Å². The van der Waals surface area contributed by atoms with E-state index in [4.69, 9.17) is 16.0 Å². The molecular weight excluding hydrogens is 483 g/mol. The van der Waals surface area contributed by atoms with Gasteiger partial charge in [-0.15, -0.1) is 23.4 Å². The lowest BCUT2D eigenvalue weighted by Gasteiger charge is -2.28. The standard InChI is InChI=1S/C21H22F3N9O3/c22-21(23,24)36-14-3-1-2-12(6-14)8-27-20-28-9-13(10-29-20)19-32-31-17(35-19)7-18(34)33-5-4-16(30-26)15(25)11-33/h1-3,6,9-10,30H,4-5,7-8,11,25-26H2,(H,27,28,29). The van der Waals surface area contributed by atoms with Gasteiger partial charge in [0.15, 0.2) is 0 Å². The van der Waals surface area contributed by atoms with E-state index < -0.39 is 6.36 Å². The predicted octanol–water partition coefficient (Wildman–Crippen LogP) is 1.45. The molecule has 12 nitrogen and oxygen atoms in total. The second kappa shape index (κ2) is 10.5. The minimum atomic E-state index is -4.77. The summed E-state index contributed by atoms with van der Waals surface area (Å²) in [7, 11) is 0. The first kappa shape index (κ1) is 24.7. The van der Waals surface area contributed by atoms with E-state index in [1.165, 1.54) is 30.6 Å². The van der Waals surface area contributed by atoms with Gasteiger partial charge >= 0.3 is 6.36 Å². The zero-order chi connectivity index (χ0) is 25.7. The van der Waals surface area contributed by atoms with Crippen molar-refractivity contribution in [3.63, 3.8) is 0 Å². The highest BCUT2D eigenvalue weighted by Crippen LogP contribution is 2.24. The predicted molar refractivity (Wildman–Crippen MR) is 119 cm³/mol. The third-order valence-electron chi connectivity index (χ3n) is 5.16. The first-order valence-electron chi connectivity index (χ1n) is 10.7. The quantitative estimate of drug-likeness (QED) is 0.258. The number of carbonyl (C=O) groups excluding carboxylic acids is 1. The average Bonchev–Trinajstić information content (AvgIpc) is 3.30. The summed E-state index contributed by atoms with van der Waals surface area (Å²) in [5, 5.41) is 10.7. The van der Waals surface area contributed by atoms with E-state index in [1.807, 2.05) is 0 Å². The van der Waals surface area contributed by atoms with E-state index >= 15 is 0 Å². The molecule has 0 atom stereocenters. The van der Waals surface area contributed by atoms with Gasteiger partial charge in [0.05, 0.1) is 12.1 Å². The van der Waals surface area contributed by atoms with Crippen molar-refractivity contribution >= 4 is 11.9 Å². The van der Waals surface area contributed by atoms with Gasteiger partial charge in [0, 0.05) is 43.3 Å². The Hall–Kier alpha value is -4.40. The molecule has 36 heavy (non-hydrogen) atoms. The van der Waals surface area contributed by atoms with Gasteiger partial charge in [0.25, 0.3) is 5.89 Å². The normalized spacial score (nSPS) is 14.1. The first-order chi connectivity index (χ1) is 17.2. The average molecular weight is 505 g/mol. The van der Waals surface area contributed by atoms with E-state index in [2.05, 4.69) is 35.6 Å². The number of nitrogens with zero attached hydrogens (tertiary/aromatic N) is 5. The van der Waals surface area contributed by atoms with Crippen molar-refractivity contribution < 1.29 is 27.1 Å². The highest BCUT2D eigenvalue weighted by molar-refractivity contribution is 5.78. The number of hydrazine groups is 1. The molecule has 0 radical (unpaired) electrons. The summed E-state index contributed by atoms with van der Waals surface area (Å²) in [5.74, 6) is 5.36. The van der Waals surface area contributed by atoms with Gasteiger partial charge in [0.2, 0.25) is 17.7 Å². The largest absolute Gasteiger partial charge is 0.573 e. The second-order valence-electron chi connectivity index (χ2n) is 7.74. The molecule has 190 valence electrons. The van der Waals surface area contributed by atoms with Crippen LogP contribution in [0.3, 0.4) is 0 Å². The third kappa shape index (κ3) is 6.38. The van der Waals surface area contributed by atoms with Crippen LogP contribution in [0.5, 0.6) is 5.75 Å². The monoisotopic (exact) mass is 505 g/mol. The lowest BCUT2D eigenvalue weighted by molar-refractivity contribution is -0.274. The molecule has 1 aromatic carbocycles. The molecule has 1 amide bonds. The lowest BCUT2D eigenvalue weighted by Crippen LogP contribution is -2.42. The summed E-state index contributed by atoms with van der Waals surface area (Å²) >= 11 is 0. The van der Waals surface area contributed by atoms with Crippen LogP contribution in [0.25, 0.3) is 11.5 Å². The first-order valence-corrected chi connectivity index (χ1v) is 10.7. The van der Waals surface area contributed by atoms with Crippen LogP contribution in [-0.2, 0) is 17.8 Å². The van der Waals surface area contributed by atoms with Gasteiger partial charge in [-0.2, -0.15) is 0 Å². The van der Waals surface area contributed by atoms with E-state index in [1.54, 1.807) is 11.0 Å². The van der Waals surface area contributed by atoms with Crippen LogP contribution >= 0.6 is 0 Å². The van der Waals surface area contributed by atoms with Gasteiger partial charge in [-0.05, 0) is 17.7 Å². The molecule has 0 unspecified atom stereocenters. The van der Waals surface area contributed by atoms with Crippen molar-refractivity contribution in [2.75, 3.05) is 18.4 Å². The summed E-state index contributed by atoms with van der Waals surface area (Å²) in [4.78, 5) is 22.4. The van der Waals surface area contributed by atoms with Crippen molar-refractivity contribution in [1.82, 2.24) is 30.5 Å². The number of hydrogen-bond acceptors (Lipinski definition) is 11. The zero-order valence-corrected chi connectivity index (χ0v) is 18.7. The van der Waals surface area contributed by atoms with Crippen molar-refractivity contribution in [2.45, 2.75) is 25.7 Å². The topological polar surface area (TPSA) is 170 Å². The molecule has 0 spiro atoms. The van der Waals surface area contributed by atoms with Crippen LogP contribution in [0, 0.1) is 0 Å². The van der Waals surface area contributed by atoms with Crippen LogP contribution < -0.4 is 27.1 Å². The number of ether oxygens (including phenoxy) is 1. The fraction of sp³-hybridized carbons (Fsp3) is 0.286. The molecule has 0 saturated carbocycles. The summed E-state index contributed by atoms with van der Waals surface area (Å²) in [5.41, 5.74) is 10.6. The Morgan fingerprint density at radius 1 is 1.22 bits per heavy atom. The number of halogens is 3. The van der Waals surface area contributed by atoms with Crippen LogP contribution in [0.2, 0.25) is 0 Å². The number of aromatic nitrogens is 4. The Kier molecular flexibility index (Phi) is 7.19. The summed E-state index contributed by atoms with van der Waals surface area (Å²) < 4.78 is 46.6. The number of nitrogens with one attached hydrogen (secondary N) is 2. The number of alkyl halides is 3. The van der Waals surface area contributed by atoms with E-state index in [0.29, 0.717) is 35.5 Å². The maximum Gasteiger partial charge on any atom is 0.573 e. The van der Waals surface area contributed by atoms with Crippen LogP contribution in [0.4, 0.5) is 19.1 Å². The Bertz CT molecular complexity index is 1250. The van der Waals surface area contributed by atoms with E-state index in [-0.39, 0.29) is 48.9 Å². The molecule has 4 rings (SSSR count). The Morgan fingerprint density at radius 2 is 2.00 bits per heavy atom. The van der Waals surface area contributed by atoms with Crippen molar-refractivity contribution in [2.24, 2.45) is 11.6 Å². The molecule has 15 heteroatoms. The fourth-order valence-electron chi connectivity index (χ4n) is 3.41. The smallest absolute Gasteiger partial charge is 0.420 e. The van der Waals surface area contributed by atoms with Gasteiger partial charge < -0.3 is 30.5 Å². The third-order valence-corrected chi connectivity index (χ3v) is 5.16. The van der Waals surface area contributed by atoms with Crippen LogP contribution in [-0.4, -0.2) is 50.4 Å². The van der Waals surface area contributed by atoms with Gasteiger partial charge in [-0.25, -0.2) is 9.97 Å². The van der Waals surface area contributed by atoms with Crippen LogP contribution in [0.1, 0.15) is 17.9 Å². The molecule has 3 aromatic rings. The van der Waals surface area contributed by atoms with Gasteiger partial charge in [0.1, 0.15) is 12.2 Å². The Morgan fingerprint density at radius 3 is 2.69 bits per heavy atom. The minimum Gasteiger partial charge on any atom is -0.420 e. The van der Waals surface area contributed by atoms with Crippen molar-refractivity contribution in [3.05, 3.63) is 59.5 Å². The van der Waals surface area contributed by atoms with E-state index in [0.717, 1.165) is 0 Å². The number of anilines is 1. The maximum absolute atomic E-state index is 12.5. The number of benzene rings is 1. The molecule has 0 aliphatic carbocycles. The highest BCUT2D eigenvalue weighted by Gasteiger charge is 2.31. The number of carbonyl (C=O) groups is 1. The van der Waals surface area contributed by atoms with E-state index in [9.17, 15) is 18.0 Å². The fourth-order valence-corrected chi connectivity index (χ4v) is 3.41. The molecule has 6 N–H and O–H groups in total. The number of amides is 1. The summed E-state index contributed by atoms with van der Waals surface area (Å²) in [6.45, 7) is 0.879. The molecular formula is C21H22F3N9O3. The number of hydrogen-bond donors (Lipinski definition) is 4. The number of nitrogens with two attached hydrogens (primary N) is 2. The molecule has 0 bridgehead atoms. The summed E-state index contributed by atoms with van der Waals surface area (Å²) in [6, 6.07) is 5.56. The molecule has 0 saturated heterocycles. The molecule has 1 aliphatic rings. The Labute approximate surface area is 202 Å². The van der Waals surface area contributed by atoms with Gasteiger partial charge in [-0.3, -0.25) is 10.6 Å². The summed E-state index contributed by atoms with van der Waals surface area (Å²) in [6.07, 6.45) is -1.46. The molecule has 3 heterocycles. The van der Waals surface area contributed by atoms with Crippen LogP contribution in [0.15, 0.2) is 52.5 Å². The Balaban J connectivity index is 1.32. The number of rotatable bonds is 8. The maximum atomic E-state index is 12.5. The lowest BCUT2D eigenvalue weighted by atomic mass is 10.1. The highest BCUT2D eigenvalue weighted by atomic mass is 19.4. The van der Waals surface area contributed by atoms with Crippen molar-refractivity contribution in [3.8, 4) is 17.2 Å². The SMILES string of the molecule is NNC1=C(N)CN(C(=O)Cc2nnc(-c3cnc(NCc4cccc(OC(F)(F)F)c4)nc3)o2)CC1. The molecule has 2 aromatic heterocycles. The molecule has 1 aliphatic heterocycles. The molecule has 0 fully saturated rings.